The van der Waals surface area contributed by atoms with Crippen LogP contribution in [0.3, 0.4) is 0 Å². The van der Waals surface area contributed by atoms with Crippen LogP contribution in [0, 0.1) is 23.7 Å². The van der Waals surface area contributed by atoms with E-state index < -0.39 is 179 Å². The Morgan fingerprint density at radius 1 is 0.490 bits per heavy atom. The van der Waals surface area contributed by atoms with Crippen LogP contribution in [-0.2, 0) is 23.7 Å². The lowest BCUT2D eigenvalue weighted by Gasteiger charge is -2.29. The van der Waals surface area contributed by atoms with Crippen molar-refractivity contribution in [1.29, 1.82) is 0 Å². The molecule has 104 heavy (non-hydrogen) atoms. The molecule has 0 aromatic carbocycles. The van der Waals surface area contributed by atoms with Crippen LogP contribution in [0.2, 0.25) is 0 Å². The van der Waals surface area contributed by atoms with Crippen molar-refractivity contribution in [1.82, 2.24) is 47.8 Å². The van der Waals surface area contributed by atoms with Crippen LogP contribution in [0.5, 0.6) is 6.01 Å². The molecule has 0 spiro atoms. The number of aliphatic hydroxyl groups excluding tert-OH is 3. The fourth-order valence-electron chi connectivity index (χ4n) is 12.3. The minimum atomic E-state index is -2.02. The Morgan fingerprint density at radius 2 is 0.837 bits per heavy atom. The summed E-state index contributed by atoms with van der Waals surface area (Å²) in [6, 6.07) is 6.08. The summed E-state index contributed by atoms with van der Waals surface area (Å²) in [5.41, 5.74) is 41.9. The number of hydrogen-bond acceptors (Lipinski definition) is 26. The summed E-state index contributed by atoms with van der Waals surface area (Å²) in [7, 11) is 0. The first-order chi connectivity index (χ1) is 49.4. The van der Waals surface area contributed by atoms with E-state index in [1.165, 1.54) is 48.3 Å². The molecule has 5 saturated heterocycles. The Hall–Kier alpha value is -10.7. The number of azide groups is 5. The summed E-state index contributed by atoms with van der Waals surface area (Å²) < 4.78 is 111. The van der Waals surface area contributed by atoms with Crippen molar-refractivity contribution in [3.8, 4) is 6.01 Å². The number of nitrogens with one attached hydrogen (secondary N) is 2. The fourth-order valence-corrected chi connectivity index (χ4v) is 12.3. The molecule has 43 nitrogen and oxygen atoms in total. The second kappa shape index (κ2) is 34.0. The van der Waals surface area contributed by atoms with E-state index in [0.29, 0.717) is 12.8 Å². The number of aliphatic hydroxyl groups is 3. The first kappa shape index (κ1) is 80.6. The lowest BCUT2D eigenvalue weighted by molar-refractivity contribution is -0.122. The highest BCUT2D eigenvalue weighted by atomic mass is 19.2. The van der Waals surface area contributed by atoms with Crippen molar-refractivity contribution >= 4 is 11.6 Å². The van der Waals surface area contributed by atoms with Gasteiger partial charge in [-0.2, -0.15) is 15.0 Å². The molecule has 0 radical (unpaired) electrons. The first-order valence-electron chi connectivity index (χ1n) is 31.4. The van der Waals surface area contributed by atoms with Crippen molar-refractivity contribution in [3.63, 3.8) is 0 Å². The molecular formula is C56H72F5N27O16. The predicted octanol–water partition coefficient (Wildman–Crippen LogP) is 3.65. The number of ether oxygens (including phenoxy) is 6. The van der Waals surface area contributed by atoms with Gasteiger partial charge in [0.1, 0.15) is 41.1 Å². The molecule has 5 aromatic heterocycles. The molecule has 9 N–H and O–H groups in total. The number of alkyl halides is 5. The van der Waals surface area contributed by atoms with Gasteiger partial charge in [-0.1, -0.05) is 67.1 Å². The average Bonchev–Trinajstić information content (AvgIpc) is 1.81. The number of anilines is 2. The molecule has 0 aliphatic carbocycles. The summed E-state index contributed by atoms with van der Waals surface area (Å²) in [5, 5.41) is 45.8. The highest BCUT2D eigenvalue weighted by Crippen LogP contribution is 2.49. The Kier molecular flexibility index (Phi) is 26.4. The summed E-state index contributed by atoms with van der Waals surface area (Å²) >= 11 is 0. The van der Waals surface area contributed by atoms with Crippen molar-refractivity contribution < 1.29 is 65.7 Å². The molecule has 0 saturated carbocycles. The molecule has 11 heterocycles. The minimum absolute atomic E-state index is 0.00916. The Morgan fingerprint density at radius 3 is 1.25 bits per heavy atom. The number of aromatic amines is 2. The van der Waals surface area contributed by atoms with E-state index >= 15 is 0 Å². The third kappa shape index (κ3) is 16.5. The number of nitrogens with zero attached hydrogens (tertiary/aromatic N) is 23. The van der Waals surface area contributed by atoms with Crippen molar-refractivity contribution in [3.05, 3.63) is 187 Å². The maximum absolute atomic E-state index is 14.6. The second-order valence-electron chi connectivity index (χ2n) is 24.5. The highest BCUT2D eigenvalue weighted by Gasteiger charge is 2.59. The first-order valence-corrected chi connectivity index (χ1v) is 31.4. The number of fused-ring (bicyclic) bond motifs is 4. The van der Waals surface area contributed by atoms with Crippen LogP contribution in [0.4, 0.5) is 33.6 Å². The maximum atomic E-state index is 14.6. The summed E-state index contributed by atoms with van der Waals surface area (Å²) in [4.78, 5) is 108. The topological polar surface area (TPSA) is 626 Å². The van der Waals surface area contributed by atoms with Gasteiger partial charge in [0.25, 0.3) is 16.7 Å². The van der Waals surface area contributed by atoms with Gasteiger partial charge in [-0.15, -0.1) is 0 Å². The molecule has 562 valence electrons. The standard InChI is InChI=1S/C12H17FN6O2.C12H16FN5O3.C11H14FN5O4.C11H12FN5O3.C10H13FN6O4/c1-3-12(6-16-18-15)7(2)9(13)10(21-12)19-5-4-8(14)17-11(19)20;1-3-12(6-15-17-14)7(2)9(13)10(21-12)18-5-4-8(19)16-11(18)20;1-6-8(12)9(17-3-2-7(19)15-10(17)20)21-11(6,5-18)4-14-16-13;1-6-8(12)9-17-3-2-7(18)15-10(17)19-5-11(6,20-9)4-14-16-13;11-6-7(19)10(4-18,3-14-16-13)21-8(6)17-2-1-5(12)15-9(17)20/h4-5,7,9-10H,3,6H2,1-2H3,(H2,14,17,20);4-5,7,9-10H,3,6H2,1-2H3,(H,16,19,20);2-3,6,8-9,18H,4-5H2,1H3,(H,15,19,20);2-3,6,8-9H,4-5H2,1H3;1-2,6-8,18-19H,3-4H2,(H2,12,15,20)/t2*7-,9+,10+,12-;2*6-,8+,9+,11+;6-,7+,8-,10-/m00001/s1. The van der Waals surface area contributed by atoms with Gasteiger partial charge in [0.15, 0.2) is 62.0 Å². The summed E-state index contributed by atoms with van der Waals surface area (Å²) in [5.74, 6) is -2.39. The molecule has 6 aliphatic rings. The number of nitrogens with two attached hydrogens (primary N) is 2. The van der Waals surface area contributed by atoms with Crippen LogP contribution in [0.15, 0.2) is 120 Å². The molecule has 5 aromatic rings. The average molecular weight is 1470 g/mol. The molecular weight excluding hydrogens is 1400 g/mol. The van der Waals surface area contributed by atoms with Crippen LogP contribution in [-0.4, -0.2) is 181 Å². The summed E-state index contributed by atoms with van der Waals surface area (Å²) in [6.07, 6.45) is -8.50. The lowest BCUT2D eigenvalue weighted by Crippen LogP contribution is -2.48. The normalized spacial score (nSPS) is 32.4. The molecule has 5 fully saturated rings. The van der Waals surface area contributed by atoms with Gasteiger partial charge in [-0.25, -0.2) is 41.1 Å². The lowest BCUT2D eigenvalue weighted by atomic mass is 9.85. The zero-order valence-corrected chi connectivity index (χ0v) is 56.0. The van der Waals surface area contributed by atoms with Crippen LogP contribution < -0.4 is 55.6 Å². The fraction of sp³-hybridized carbons (Fsp3) is 0.643. The van der Waals surface area contributed by atoms with E-state index in [0.717, 1.165) is 42.8 Å². The molecule has 0 unspecified atom stereocenters. The summed E-state index contributed by atoms with van der Waals surface area (Å²) in [6.45, 7) is 7.93. The van der Waals surface area contributed by atoms with E-state index in [1.54, 1.807) is 27.7 Å². The molecule has 20 atom stereocenters. The van der Waals surface area contributed by atoms with Crippen molar-refractivity contribution in [2.75, 3.05) is 64.0 Å². The third-order valence-corrected chi connectivity index (χ3v) is 19.0. The van der Waals surface area contributed by atoms with Gasteiger partial charge < -0.3 is 55.2 Å². The molecule has 48 heteroatoms. The number of halogens is 5. The largest absolute Gasteiger partial charge is 0.461 e. The van der Waals surface area contributed by atoms with E-state index in [2.05, 4.69) is 70.1 Å². The number of nitrogen functional groups attached to an aromatic ring is 2. The van der Waals surface area contributed by atoms with Gasteiger partial charge in [-0.05, 0) is 52.6 Å². The predicted molar refractivity (Wildman–Crippen MR) is 349 cm³/mol. The van der Waals surface area contributed by atoms with E-state index in [9.17, 15) is 70.8 Å². The molecule has 11 rings (SSSR count). The van der Waals surface area contributed by atoms with Crippen LogP contribution >= 0.6 is 0 Å². The molecule has 6 aliphatic heterocycles. The molecule has 2 bridgehead atoms. The molecule has 0 amide bonds. The zero-order valence-electron chi connectivity index (χ0n) is 56.0. The minimum Gasteiger partial charge on any atom is -0.461 e. The van der Waals surface area contributed by atoms with Gasteiger partial charge in [0.2, 0.25) is 0 Å². The van der Waals surface area contributed by atoms with E-state index in [4.69, 9.17) is 67.5 Å². The Balaban J connectivity index is 0.000000182. The van der Waals surface area contributed by atoms with Crippen molar-refractivity contribution in [2.24, 2.45) is 49.2 Å². The monoisotopic (exact) mass is 1470 g/mol. The van der Waals surface area contributed by atoms with E-state index in [-0.39, 0.29) is 50.4 Å². The van der Waals surface area contributed by atoms with Gasteiger partial charge in [0.05, 0.1) is 57.1 Å². The number of aromatic nitrogens is 10. The highest BCUT2D eigenvalue weighted by molar-refractivity contribution is 5.25. The smallest absolute Gasteiger partial charge is 0.351 e. The SMILES string of the molecule is CC[C@@]1(CN=[N+]=[N-])O[C@@H](n2ccc(=O)[nH]c2=O)[C@H](F)[C@@H]1C.CC[C@@]1(CN=[N+]=[N-])O[C@@H](n2ccc(N)nc2=O)[C@H](F)[C@@H]1C.C[C@H]1[C@@H](F)[C@H](n2ccc(=O)[nH]c2=O)O[C@@]1(CO)CN=[N+]=[N-].C[C@H]1[C@@H](F)[C@H]2O[C@]1(CN=[N+]=[N-])COc1nc(=O)ccn12.[N-]=[N+]=NC[C@]1(CO)O[C@@H](n2ccc(N)nc2=O)[C@H](F)[C@@H]1O. The maximum Gasteiger partial charge on any atom is 0.351 e. The van der Waals surface area contributed by atoms with Crippen molar-refractivity contribution in [2.45, 2.75) is 150 Å². The van der Waals surface area contributed by atoms with E-state index in [1.807, 2.05) is 11.9 Å². The van der Waals surface area contributed by atoms with Gasteiger partial charge in [-0.3, -0.25) is 47.2 Å². The van der Waals surface area contributed by atoms with Crippen LogP contribution in [0.1, 0.15) is 85.5 Å². The zero-order chi connectivity index (χ0) is 76.8. The Labute approximate surface area is 579 Å². The quantitative estimate of drug-likeness (QED) is 0.0285. The number of hydrogen-bond donors (Lipinski definition) is 7. The van der Waals surface area contributed by atoms with Gasteiger partial charge in [0, 0.05) is 97.4 Å². The van der Waals surface area contributed by atoms with Crippen LogP contribution in [0.25, 0.3) is 52.2 Å². The van der Waals surface area contributed by atoms with Gasteiger partial charge >= 0.3 is 28.8 Å². The second-order valence-corrected chi connectivity index (χ2v) is 24.5. The number of H-pyrrole nitrogens is 2. The Bertz CT molecular complexity index is 4350. The number of rotatable bonds is 18. The third-order valence-electron chi connectivity index (χ3n) is 19.0.